The highest BCUT2D eigenvalue weighted by Gasteiger charge is 2.35. The lowest BCUT2D eigenvalue weighted by molar-refractivity contribution is 0.633. The molecule has 2 nitrogen and oxygen atoms in total. The third kappa shape index (κ3) is 1.42. The van der Waals surface area contributed by atoms with Crippen LogP contribution in [0.2, 0.25) is 0 Å². The van der Waals surface area contributed by atoms with E-state index in [0.717, 1.165) is 11.4 Å². The van der Waals surface area contributed by atoms with Crippen molar-refractivity contribution in [2.45, 2.75) is 17.4 Å². The van der Waals surface area contributed by atoms with Crippen LogP contribution in [0.5, 0.6) is 0 Å². The fourth-order valence-corrected chi connectivity index (χ4v) is 1.89. The number of rotatable bonds is 2. The Morgan fingerprint density at radius 1 is 1.36 bits per heavy atom. The van der Waals surface area contributed by atoms with E-state index in [1.807, 2.05) is 18.2 Å². The molecule has 1 aromatic carbocycles. The number of benzene rings is 1. The maximum Gasteiger partial charge on any atom is 0.121 e. The lowest BCUT2D eigenvalue weighted by Gasteiger charge is -2.29. The van der Waals surface area contributed by atoms with Crippen LogP contribution >= 0.6 is 15.9 Å². The third-order valence-corrected chi connectivity index (χ3v) is 3.76. The Bertz CT molecular complexity index is 337. The van der Waals surface area contributed by atoms with Crippen molar-refractivity contribution < 1.29 is 0 Å². The average molecular weight is 253 g/mol. The first-order chi connectivity index (χ1) is 6.65. The highest BCUT2D eigenvalue weighted by Crippen LogP contribution is 2.37. The van der Waals surface area contributed by atoms with Crippen molar-refractivity contribution in [3.8, 4) is 0 Å². The summed E-state index contributed by atoms with van der Waals surface area (Å²) < 4.78 is 0. The van der Waals surface area contributed by atoms with Crippen molar-refractivity contribution in [1.82, 2.24) is 0 Å². The molecule has 1 atom stereocenters. The minimum Gasteiger partial charge on any atom is -0.360 e. The summed E-state index contributed by atoms with van der Waals surface area (Å²) in [5.41, 5.74) is 2.09. The van der Waals surface area contributed by atoms with Gasteiger partial charge in [0.05, 0.1) is 16.2 Å². The second kappa shape index (κ2) is 3.31. The standard InChI is InChI=1S/C11H13BrN2/c1-3-10(12)11(2)13-8-6-4-5-7-9(8)14-11/h3-7,10,13-14H,1H2,2H3. The van der Waals surface area contributed by atoms with Gasteiger partial charge in [0.2, 0.25) is 0 Å². The second-order valence-electron chi connectivity index (χ2n) is 3.64. The Morgan fingerprint density at radius 2 is 1.86 bits per heavy atom. The summed E-state index contributed by atoms with van der Waals surface area (Å²) in [6.07, 6.45) is 1.88. The van der Waals surface area contributed by atoms with Crippen LogP contribution in [0.3, 0.4) is 0 Å². The summed E-state index contributed by atoms with van der Waals surface area (Å²) in [5.74, 6) is 0. The summed E-state index contributed by atoms with van der Waals surface area (Å²) in [7, 11) is 0. The van der Waals surface area contributed by atoms with Gasteiger partial charge in [-0.3, -0.25) is 0 Å². The van der Waals surface area contributed by atoms with E-state index in [2.05, 4.69) is 52.2 Å². The molecular formula is C11H13BrN2. The third-order valence-electron chi connectivity index (χ3n) is 2.47. The van der Waals surface area contributed by atoms with Crippen LogP contribution in [0.25, 0.3) is 0 Å². The maximum absolute atomic E-state index is 3.79. The van der Waals surface area contributed by atoms with Crippen LogP contribution in [0.4, 0.5) is 11.4 Å². The van der Waals surface area contributed by atoms with E-state index >= 15 is 0 Å². The minimum absolute atomic E-state index is 0.183. The van der Waals surface area contributed by atoms with E-state index in [0.29, 0.717) is 0 Å². The molecular weight excluding hydrogens is 240 g/mol. The van der Waals surface area contributed by atoms with Crippen LogP contribution in [0, 0.1) is 0 Å². The molecule has 0 spiro atoms. The molecule has 1 aromatic rings. The van der Waals surface area contributed by atoms with E-state index in [9.17, 15) is 0 Å². The van der Waals surface area contributed by atoms with Gasteiger partial charge in [-0.25, -0.2) is 0 Å². The van der Waals surface area contributed by atoms with Gasteiger partial charge in [-0.1, -0.05) is 34.1 Å². The van der Waals surface area contributed by atoms with Crippen molar-refractivity contribution in [3.63, 3.8) is 0 Å². The SMILES string of the molecule is C=CC(Br)C1(C)Nc2ccccc2N1. The molecule has 0 aliphatic carbocycles. The van der Waals surface area contributed by atoms with Gasteiger partial charge < -0.3 is 10.6 Å². The van der Waals surface area contributed by atoms with Gasteiger partial charge >= 0.3 is 0 Å². The molecule has 3 heteroatoms. The smallest absolute Gasteiger partial charge is 0.121 e. The molecule has 1 aliphatic rings. The Balaban J connectivity index is 2.30. The van der Waals surface area contributed by atoms with Crippen molar-refractivity contribution >= 4 is 27.3 Å². The molecule has 14 heavy (non-hydrogen) atoms. The fraction of sp³-hybridized carbons (Fsp3) is 0.273. The summed E-state index contributed by atoms with van der Waals surface area (Å²) in [4.78, 5) is 0.183. The summed E-state index contributed by atoms with van der Waals surface area (Å²) in [6, 6.07) is 8.18. The zero-order valence-corrected chi connectivity index (χ0v) is 9.64. The molecule has 2 rings (SSSR count). The number of para-hydroxylation sites is 2. The van der Waals surface area contributed by atoms with Crippen LogP contribution < -0.4 is 10.6 Å². The van der Waals surface area contributed by atoms with E-state index in [1.54, 1.807) is 0 Å². The zero-order chi connectivity index (χ0) is 10.2. The predicted molar refractivity (Wildman–Crippen MR) is 65.0 cm³/mol. The first-order valence-corrected chi connectivity index (χ1v) is 5.49. The summed E-state index contributed by atoms with van der Waals surface area (Å²) >= 11 is 3.58. The Morgan fingerprint density at radius 3 is 2.29 bits per heavy atom. The average Bonchev–Trinajstić information content (AvgIpc) is 2.54. The monoisotopic (exact) mass is 252 g/mol. The van der Waals surface area contributed by atoms with E-state index in [-0.39, 0.29) is 10.5 Å². The molecule has 0 fully saturated rings. The van der Waals surface area contributed by atoms with Gasteiger partial charge in [-0.2, -0.15) is 0 Å². The van der Waals surface area contributed by atoms with E-state index in [4.69, 9.17) is 0 Å². The van der Waals surface area contributed by atoms with Gasteiger partial charge in [-0.05, 0) is 19.1 Å². The van der Waals surface area contributed by atoms with Crippen molar-refractivity contribution in [1.29, 1.82) is 0 Å². The molecule has 0 radical (unpaired) electrons. The first-order valence-electron chi connectivity index (χ1n) is 4.58. The molecule has 2 N–H and O–H groups in total. The van der Waals surface area contributed by atoms with Crippen LogP contribution in [0.15, 0.2) is 36.9 Å². The van der Waals surface area contributed by atoms with Crippen molar-refractivity contribution in [2.24, 2.45) is 0 Å². The van der Waals surface area contributed by atoms with Gasteiger partial charge in [0.15, 0.2) is 0 Å². The number of fused-ring (bicyclic) bond motifs is 1. The Labute approximate surface area is 92.5 Å². The lowest BCUT2D eigenvalue weighted by atomic mass is 10.1. The summed E-state index contributed by atoms with van der Waals surface area (Å²) in [5, 5.41) is 6.86. The second-order valence-corrected chi connectivity index (χ2v) is 4.62. The number of nitrogens with one attached hydrogen (secondary N) is 2. The molecule has 0 bridgehead atoms. The first kappa shape index (κ1) is 9.59. The predicted octanol–water partition coefficient (Wildman–Crippen LogP) is 3.19. The number of hydrogen-bond acceptors (Lipinski definition) is 2. The van der Waals surface area contributed by atoms with Crippen molar-refractivity contribution in [2.75, 3.05) is 10.6 Å². The molecule has 0 saturated heterocycles. The normalized spacial score (nSPS) is 19.0. The number of alkyl halides is 1. The van der Waals surface area contributed by atoms with E-state index in [1.165, 1.54) is 0 Å². The quantitative estimate of drug-likeness (QED) is 0.624. The van der Waals surface area contributed by atoms with Crippen LogP contribution in [-0.4, -0.2) is 10.5 Å². The molecule has 0 saturated carbocycles. The Kier molecular flexibility index (Phi) is 2.27. The highest BCUT2D eigenvalue weighted by atomic mass is 79.9. The number of halogens is 1. The summed E-state index contributed by atoms with van der Waals surface area (Å²) in [6.45, 7) is 5.89. The molecule has 0 aromatic heterocycles. The number of hydrogen-bond donors (Lipinski definition) is 2. The van der Waals surface area contributed by atoms with Crippen LogP contribution in [-0.2, 0) is 0 Å². The fourth-order valence-electron chi connectivity index (χ4n) is 1.67. The topological polar surface area (TPSA) is 24.1 Å². The minimum atomic E-state index is -0.189. The van der Waals surface area contributed by atoms with E-state index < -0.39 is 0 Å². The zero-order valence-electron chi connectivity index (χ0n) is 8.05. The van der Waals surface area contributed by atoms with Gasteiger partial charge in [-0.15, -0.1) is 6.58 Å². The molecule has 0 amide bonds. The largest absolute Gasteiger partial charge is 0.360 e. The lowest BCUT2D eigenvalue weighted by Crippen LogP contribution is -2.45. The molecule has 1 aliphatic heterocycles. The van der Waals surface area contributed by atoms with Gasteiger partial charge in [0.1, 0.15) is 5.66 Å². The van der Waals surface area contributed by atoms with Crippen molar-refractivity contribution in [3.05, 3.63) is 36.9 Å². The Hall–Kier alpha value is -0.960. The molecule has 74 valence electrons. The van der Waals surface area contributed by atoms with Crippen LogP contribution in [0.1, 0.15) is 6.92 Å². The number of anilines is 2. The highest BCUT2D eigenvalue weighted by molar-refractivity contribution is 9.09. The molecule has 1 unspecified atom stereocenters. The van der Waals surface area contributed by atoms with Gasteiger partial charge in [0.25, 0.3) is 0 Å². The molecule has 1 heterocycles. The maximum atomic E-state index is 3.79. The van der Waals surface area contributed by atoms with Gasteiger partial charge in [0, 0.05) is 0 Å².